The number of hydrogen-bond acceptors (Lipinski definition) is 4. The van der Waals surface area contributed by atoms with Crippen LogP contribution in [0.1, 0.15) is 38.5 Å². The number of hydrogen-bond donors (Lipinski definition) is 1. The van der Waals surface area contributed by atoms with Crippen molar-refractivity contribution in [1.82, 2.24) is 9.88 Å². The van der Waals surface area contributed by atoms with Crippen molar-refractivity contribution in [1.29, 1.82) is 0 Å². The molecule has 124 valence electrons. The van der Waals surface area contributed by atoms with Gasteiger partial charge in [-0.3, -0.25) is 4.90 Å². The lowest BCUT2D eigenvalue weighted by molar-refractivity contribution is 0.0155. The Hall–Kier alpha value is -1.72. The Bertz CT molecular complexity index is 643. The second-order valence-electron chi connectivity index (χ2n) is 6.14. The fourth-order valence-corrected chi connectivity index (χ4v) is 3.25. The molecule has 5 heteroatoms. The summed E-state index contributed by atoms with van der Waals surface area (Å²) in [4.78, 5) is 6.57. The molecule has 2 heterocycles. The van der Waals surface area contributed by atoms with Crippen molar-refractivity contribution in [3.8, 4) is 11.3 Å². The van der Waals surface area contributed by atoms with Crippen molar-refractivity contribution in [2.75, 3.05) is 6.54 Å². The average Bonchev–Trinajstić information content (AvgIpc) is 3.03. The van der Waals surface area contributed by atoms with E-state index in [1.807, 2.05) is 6.92 Å². The molecule has 2 unspecified atom stereocenters. The molecular formula is C18H23FN2O2. The lowest BCUT2D eigenvalue weighted by Crippen LogP contribution is -2.46. The third kappa shape index (κ3) is 3.79. The van der Waals surface area contributed by atoms with E-state index in [-0.39, 0.29) is 18.0 Å². The van der Waals surface area contributed by atoms with E-state index in [1.165, 1.54) is 12.1 Å². The number of aliphatic hydroxyl groups excluding tert-OH is 1. The maximum absolute atomic E-state index is 13.3. The largest absolute Gasteiger partial charge is 0.439 e. The van der Waals surface area contributed by atoms with E-state index in [0.29, 0.717) is 23.8 Å². The van der Waals surface area contributed by atoms with Crippen molar-refractivity contribution < 1.29 is 13.9 Å². The number of halogens is 1. The monoisotopic (exact) mass is 318 g/mol. The van der Waals surface area contributed by atoms with Gasteiger partial charge < -0.3 is 9.52 Å². The molecule has 1 aromatic carbocycles. The van der Waals surface area contributed by atoms with Gasteiger partial charge in [-0.25, -0.2) is 9.37 Å². The molecule has 0 amide bonds. The van der Waals surface area contributed by atoms with Crippen molar-refractivity contribution in [3.63, 3.8) is 0 Å². The molecule has 0 radical (unpaired) electrons. The lowest BCUT2D eigenvalue weighted by Gasteiger charge is -2.37. The predicted molar refractivity (Wildman–Crippen MR) is 86.2 cm³/mol. The fourth-order valence-electron chi connectivity index (χ4n) is 3.25. The minimum Gasteiger partial charge on any atom is -0.439 e. The topological polar surface area (TPSA) is 49.5 Å². The molecule has 0 saturated carbocycles. The number of aliphatic hydroxyl groups is 1. The van der Waals surface area contributed by atoms with Crippen LogP contribution in [-0.2, 0) is 6.54 Å². The quantitative estimate of drug-likeness (QED) is 0.915. The molecule has 1 aliphatic heterocycles. The van der Waals surface area contributed by atoms with Gasteiger partial charge in [0.2, 0.25) is 5.89 Å². The smallest absolute Gasteiger partial charge is 0.209 e. The Morgan fingerprint density at radius 3 is 3.09 bits per heavy atom. The summed E-state index contributed by atoms with van der Waals surface area (Å²) in [6, 6.07) is 6.47. The van der Waals surface area contributed by atoms with Gasteiger partial charge in [-0.05, 0) is 37.9 Å². The molecule has 1 saturated heterocycles. The average molecular weight is 318 g/mol. The van der Waals surface area contributed by atoms with Crippen LogP contribution >= 0.6 is 0 Å². The van der Waals surface area contributed by atoms with Gasteiger partial charge in [-0.1, -0.05) is 25.5 Å². The molecule has 3 rings (SSSR count). The number of nitrogens with zero attached hydrogens (tertiary/aromatic N) is 2. The van der Waals surface area contributed by atoms with Gasteiger partial charge >= 0.3 is 0 Å². The van der Waals surface area contributed by atoms with Crippen LogP contribution in [0.25, 0.3) is 11.3 Å². The highest BCUT2D eigenvalue weighted by molar-refractivity contribution is 5.56. The molecule has 1 fully saturated rings. The summed E-state index contributed by atoms with van der Waals surface area (Å²) in [5.74, 6) is 0.895. The molecular weight excluding hydrogens is 295 g/mol. The molecule has 1 aromatic heterocycles. The zero-order chi connectivity index (χ0) is 16.2. The summed E-state index contributed by atoms with van der Waals surface area (Å²) < 4.78 is 19.1. The van der Waals surface area contributed by atoms with E-state index in [9.17, 15) is 9.50 Å². The lowest BCUT2D eigenvalue weighted by atomic mass is 9.96. The fraction of sp³-hybridized carbons (Fsp3) is 0.500. The number of rotatable bonds is 5. The van der Waals surface area contributed by atoms with Crippen LogP contribution in [-0.4, -0.2) is 33.7 Å². The van der Waals surface area contributed by atoms with Gasteiger partial charge in [-0.2, -0.15) is 0 Å². The van der Waals surface area contributed by atoms with Gasteiger partial charge in [0.25, 0.3) is 0 Å². The third-order valence-electron chi connectivity index (χ3n) is 4.53. The summed E-state index contributed by atoms with van der Waals surface area (Å²) in [5, 5.41) is 10.2. The van der Waals surface area contributed by atoms with Crippen LogP contribution in [0.4, 0.5) is 4.39 Å². The predicted octanol–water partition coefficient (Wildman–Crippen LogP) is 3.61. The Kier molecular flexibility index (Phi) is 5.08. The summed E-state index contributed by atoms with van der Waals surface area (Å²) in [5.41, 5.74) is 0.688. The SMILES string of the molecule is CCC(O)C1CCCCN1Cc1ncc(-c2cccc(F)c2)o1. The van der Waals surface area contributed by atoms with Crippen LogP contribution < -0.4 is 0 Å². The Morgan fingerprint density at radius 1 is 1.43 bits per heavy atom. The molecule has 4 nitrogen and oxygen atoms in total. The summed E-state index contributed by atoms with van der Waals surface area (Å²) in [6.45, 7) is 3.53. The first-order valence-corrected chi connectivity index (χ1v) is 8.30. The Labute approximate surface area is 136 Å². The highest BCUT2D eigenvalue weighted by atomic mass is 19.1. The van der Waals surface area contributed by atoms with E-state index in [2.05, 4.69) is 9.88 Å². The maximum Gasteiger partial charge on any atom is 0.209 e. The Balaban J connectivity index is 1.73. The minimum absolute atomic E-state index is 0.165. The van der Waals surface area contributed by atoms with Gasteiger partial charge in [0.15, 0.2) is 5.76 Å². The van der Waals surface area contributed by atoms with Crippen molar-refractivity contribution >= 4 is 0 Å². The molecule has 23 heavy (non-hydrogen) atoms. The first-order valence-electron chi connectivity index (χ1n) is 8.30. The summed E-state index contributed by atoms with van der Waals surface area (Å²) in [6.07, 6.45) is 5.36. The maximum atomic E-state index is 13.3. The number of oxazole rings is 1. The van der Waals surface area contributed by atoms with Crippen LogP contribution in [0.5, 0.6) is 0 Å². The van der Waals surface area contributed by atoms with E-state index in [1.54, 1.807) is 18.3 Å². The molecule has 0 spiro atoms. The van der Waals surface area contributed by atoms with Crippen LogP contribution in [0, 0.1) is 5.82 Å². The van der Waals surface area contributed by atoms with Gasteiger partial charge in [0.1, 0.15) is 5.82 Å². The van der Waals surface area contributed by atoms with E-state index >= 15 is 0 Å². The highest BCUT2D eigenvalue weighted by Crippen LogP contribution is 2.25. The zero-order valence-corrected chi connectivity index (χ0v) is 13.4. The first-order chi connectivity index (χ1) is 11.2. The third-order valence-corrected chi connectivity index (χ3v) is 4.53. The highest BCUT2D eigenvalue weighted by Gasteiger charge is 2.28. The van der Waals surface area contributed by atoms with Crippen molar-refractivity contribution in [3.05, 3.63) is 42.2 Å². The van der Waals surface area contributed by atoms with E-state index in [0.717, 1.165) is 32.2 Å². The van der Waals surface area contributed by atoms with Crippen LogP contribution in [0.15, 0.2) is 34.9 Å². The summed E-state index contributed by atoms with van der Waals surface area (Å²) in [7, 11) is 0. The number of benzene rings is 1. The van der Waals surface area contributed by atoms with Crippen LogP contribution in [0.3, 0.4) is 0 Å². The first kappa shape index (κ1) is 16.1. The zero-order valence-electron chi connectivity index (χ0n) is 13.4. The molecule has 2 aromatic rings. The minimum atomic E-state index is -0.312. The van der Waals surface area contributed by atoms with Gasteiger partial charge in [-0.15, -0.1) is 0 Å². The molecule has 2 atom stereocenters. The molecule has 0 aliphatic carbocycles. The van der Waals surface area contributed by atoms with Crippen molar-refractivity contribution in [2.45, 2.75) is 51.3 Å². The molecule has 0 bridgehead atoms. The normalized spacial score (nSPS) is 20.6. The second kappa shape index (κ2) is 7.23. The van der Waals surface area contributed by atoms with E-state index in [4.69, 9.17) is 4.42 Å². The number of piperidine rings is 1. The molecule has 1 N–H and O–H groups in total. The number of likely N-dealkylation sites (tertiary alicyclic amines) is 1. The standard InChI is InChI=1S/C18H23FN2O2/c1-2-16(22)15-8-3-4-9-21(15)12-18-20-11-17(23-18)13-6-5-7-14(19)10-13/h5-7,10-11,15-16,22H,2-4,8-9,12H2,1H3. The van der Waals surface area contributed by atoms with E-state index < -0.39 is 0 Å². The van der Waals surface area contributed by atoms with Gasteiger partial charge in [0.05, 0.1) is 18.8 Å². The van der Waals surface area contributed by atoms with Gasteiger partial charge in [0, 0.05) is 11.6 Å². The Morgan fingerprint density at radius 2 is 2.30 bits per heavy atom. The van der Waals surface area contributed by atoms with Crippen LogP contribution in [0.2, 0.25) is 0 Å². The van der Waals surface area contributed by atoms with Crippen molar-refractivity contribution in [2.24, 2.45) is 0 Å². The molecule has 1 aliphatic rings. The second-order valence-corrected chi connectivity index (χ2v) is 6.14. The number of aromatic nitrogens is 1. The summed E-state index contributed by atoms with van der Waals surface area (Å²) >= 11 is 0.